The Morgan fingerprint density at radius 1 is 1.12 bits per heavy atom. The second-order valence-electron chi connectivity index (χ2n) is 13.7. The number of alkyl carbamates (subject to hydrolysis) is 1. The summed E-state index contributed by atoms with van der Waals surface area (Å²) in [6.07, 6.45) is 15.7. The fourth-order valence-corrected chi connectivity index (χ4v) is 7.76. The van der Waals surface area contributed by atoms with Crippen molar-refractivity contribution in [3.8, 4) is 18.1 Å². The van der Waals surface area contributed by atoms with Gasteiger partial charge in [-0.15, -0.1) is 6.42 Å². The number of allylic oxidation sites excluding steroid dienone is 1. The zero-order chi connectivity index (χ0) is 36.1. The van der Waals surface area contributed by atoms with E-state index in [0.717, 1.165) is 44.9 Å². The molecule has 51 heavy (non-hydrogen) atoms. The van der Waals surface area contributed by atoms with Crippen LogP contribution in [-0.4, -0.2) is 88.4 Å². The maximum Gasteiger partial charge on any atom is 0.408 e. The zero-order valence-corrected chi connectivity index (χ0v) is 30.2. The van der Waals surface area contributed by atoms with Crippen molar-refractivity contribution in [1.29, 1.82) is 0 Å². The molecule has 270 valence electrons. The van der Waals surface area contributed by atoms with E-state index in [4.69, 9.17) is 20.6 Å². The number of pyridine rings is 1. The van der Waals surface area contributed by atoms with Crippen LogP contribution in [0.3, 0.4) is 0 Å². The number of ketones is 1. The van der Waals surface area contributed by atoms with E-state index in [1.54, 1.807) is 24.3 Å². The number of hydrogen-bond acceptors (Lipinski definition) is 9. The fraction of sp³-hybridized carbons (Fsp3) is 0.526. The molecule has 13 heteroatoms. The first-order valence-electron chi connectivity index (χ1n) is 17.7. The quantitative estimate of drug-likeness (QED) is 0.134. The normalized spacial score (nSPS) is 26.9. The topological polar surface area (TPSA) is 153 Å². The molecule has 2 aromatic rings. The average molecular weight is 764 g/mol. The van der Waals surface area contributed by atoms with Gasteiger partial charge >= 0.3 is 12.1 Å². The smallest absolute Gasteiger partial charge is 0.408 e. The highest BCUT2D eigenvalue weighted by atomic mass is 79.9. The summed E-state index contributed by atoms with van der Waals surface area (Å²) >= 11 is 3.21. The molecule has 1 aromatic heterocycles. The molecule has 6 rings (SSSR count). The maximum absolute atomic E-state index is 14.5. The molecule has 4 aliphatic rings. The molecule has 0 radical (unpaired) electrons. The molecule has 3 amide bonds. The van der Waals surface area contributed by atoms with E-state index in [1.807, 2.05) is 12.2 Å². The summed E-state index contributed by atoms with van der Waals surface area (Å²) in [4.78, 5) is 73.5. The third-order valence-electron chi connectivity index (χ3n) is 10.3. The van der Waals surface area contributed by atoms with Gasteiger partial charge in [-0.05, 0) is 63.5 Å². The summed E-state index contributed by atoms with van der Waals surface area (Å²) in [6, 6.07) is 4.83. The second kappa shape index (κ2) is 15.8. The number of carbonyl (C=O) groups excluding carboxylic acids is 5. The molecule has 3 heterocycles. The lowest BCUT2D eigenvalue weighted by Crippen LogP contribution is -2.56. The molecule has 0 bridgehead atoms. The predicted octanol–water partition coefficient (Wildman–Crippen LogP) is 4.75. The lowest BCUT2D eigenvalue weighted by atomic mass is 10.0. The van der Waals surface area contributed by atoms with Gasteiger partial charge in [0, 0.05) is 23.8 Å². The number of para-hydroxylation sites is 1. The van der Waals surface area contributed by atoms with Crippen LogP contribution in [0.25, 0.3) is 10.9 Å². The van der Waals surface area contributed by atoms with Crippen molar-refractivity contribution >= 4 is 56.5 Å². The van der Waals surface area contributed by atoms with Crippen molar-refractivity contribution in [2.24, 2.45) is 5.92 Å². The lowest BCUT2D eigenvalue weighted by molar-refractivity contribution is -0.148. The Labute approximate surface area is 305 Å². The third kappa shape index (κ3) is 7.91. The number of rotatable bonds is 7. The molecule has 1 unspecified atom stereocenters. The summed E-state index contributed by atoms with van der Waals surface area (Å²) < 4.78 is 17.3. The molecular formula is C38H43BrN4O8. The molecule has 2 N–H and O–H groups in total. The summed E-state index contributed by atoms with van der Waals surface area (Å²) in [5.74, 6) is 0.902. The Bertz CT molecular complexity index is 1770. The number of terminal acetylenes is 1. The number of esters is 1. The van der Waals surface area contributed by atoms with Gasteiger partial charge in [0.25, 0.3) is 0 Å². The number of nitrogens with zero attached hydrogens (tertiary/aromatic N) is 2. The van der Waals surface area contributed by atoms with E-state index in [2.05, 4.69) is 37.5 Å². The standard InChI is InChI=1S/C38H43BrN4O8/c1-3-23-12-11-16-27-32(19-29(31(44)21-39)40-33(23)27)50-26-18-30-34(45)42-38(36(47)49-2)20-24(38)13-7-5-4-6-8-17-28(35(46)43(30)22-26)41-37(48)51-25-14-9-10-15-25/h1,7,11-13,16,19,24-26,28,30H,4-6,8-10,14-15,17-18,20-22H2,2H3,(H,41,48)(H,42,45)/t24?,26-,28+,30+,38-/m1/s1. The molecule has 3 fully saturated rings. The molecule has 2 saturated carbocycles. The predicted molar refractivity (Wildman–Crippen MR) is 191 cm³/mol. The SMILES string of the molecule is C#Cc1cccc2c(O[C@@H]3C[C@H]4C(=O)N[C@]5(C(=O)OC)CC5C=CCCCCC[C@H](NC(=O)OC5CCCC5)C(=O)N4C3)cc(C(=O)CBr)nc12. The molecule has 0 spiro atoms. The Hall–Kier alpha value is -4.44. The summed E-state index contributed by atoms with van der Waals surface area (Å²) in [7, 11) is 1.28. The Morgan fingerprint density at radius 3 is 2.65 bits per heavy atom. The van der Waals surface area contributed by atoms with Crippen molar-refractivity contribution < 1.29 is 38.2 Å². The van der Waals surface area contributed by atoms with Gasteiger partial charge in [0.1, 0.15) is 41.3 Å². The van der Waals surface area contributed by atoms with Crippen LogP contribution in [0, 0.1) is 18.3 Å². The number of halogens is 1. The van der Waals surface area contributed by atoms with Crippen molar-refractivity contribution in [1.82, 2.24) is 20.5 Å². The summed E-state index contributed by atoms with van der Waals surface area (Å²) in [6.45, 7) is 0.00168. The molecule has 5 atom stereocenters. The lowest BCUT2D eigenvalue weighted by Gasteiger charge is -2.29. The average Bonchev–Trinajstić information content (AvgIpc) is 3.41. The van der Waals surface area contributed by atoms with Gasteiger partial charge in [-0.25, -0.2) is 14.6 Å². The molecule has 1 aromatic carbocycles. The highest BCUT2D eigenvalue weighted by Crippen LogP contribution is 2.46. The Kier molecular flexibility index (Phi) is 11.3. The van der Waals surface area contributed by atoms with Gasteiger partial charge in [0.05, 0.1) is 30.1 Å². The second-order valence-corrected chi connectivity index (χ2v) is 14.3. The van der Waals surface area contributed by atoms with Crippen molar-refractivity contribution in [2.75, 3.05) is 19.0 Å². The summed E-state index contributed by atoms with van der Waals surface area (Å²) in [5.41, 5.74) is -0.190. The first-order chi connectivity index (χ1) is 24.7. The largest absolute Gasteiger partial charge is 0.488 e. The fourth-order valence-electron chi connectivity index (χ4n) is 7.47. The zero-order valence-electron chi connectivity index (χ0n) is 28.7. The van der Waals surface area contributed by atoms with Crippen LogP contribution in [0.5, 0.6) is 5.75 Å². The number of nitrogens with one attached hydrogen (secondary N) is 2. The van der Waals surface area contributed by atoms with E-state index >= 15 is 0 Å². The van der Waals surface area contributed by atoms with Gasteiger partial charge in [-0.2, -0.15) is 0 Å². The van der Waals surface area contributed by atoms with E-state index in [1.165, 1.54) is 12.0 Å². The first kappa shape index (κ1) is 36.4. The van der Waals surface area contributed by atoms with Crippen LogP contribution in [0.2, 0.25) is 0 Å². The first-order valence-corrected chi connectivity index (χ1v) is 18.8. The minimum absolute atomic E-state index is 0.00168. The third-order valence-corrected chi connectivity index (χ3v) is 10.8. The Morgan fingerprint density at radius 2 is 1.90 bits per heavy atom. The van der Waals surface area contributed by atoms with E-state index in [9.17, 15) is 24.0 Å². The number of ether oxygens (including phenoxy) is 3. The van der Waals surface area contributed by atoms with E-state index < -0.39 is 47.6 Å². The van der Waals surface area contributed by atoms with Gasteiger partial charge in [0.2, 0.25) is 11.8 Å². The number of amides is 3. The number of Topliss-reactive ketones (excluding diaryl/α,β-unsaturated/α-hetero) is 1. The van der Waals surface area contributed by atoms with Crippen molar-refractivity contribution in [2.45, 2.75) is 100 Å². The van der Waals surface area contributed by atoms with Crippen LogP contribution >= 0.6 is 15.9 Å². The molecule has 2 aliphatic heterocycles. The molecule has 12 nitrogen and oxygen atoms in total. The van der Waals surface area contributed by atoms with Crippen LogP contribution in [0.4, 0.5) is 4.79 Å². The Balaban J connectivity index is 1.33. The number of benzene rings is 1. The number of alkyl halides is 1. The minimum Gasteiger partial charge on any atom is -0.488 e. The number of methoxy groups -OCH3 is 1. The van der Waals surface area contributed by atoms with Gasteiger partial charge < -0.3 is 29.7 Å². The van der Waals surface area contributed by atoms with Crippen molar-refractivity contribution in [3.63, 3.8) is 0 Å². The highest BCUT2D eigenvalue weighted by Gasteiger charge is 2.62. The van der Waals surface area contributed by atoms with Crippen LogP contribution in [0.1, 0.15) is 86.7 Å². The number of hydrogen-bond donors (Lipinski definition) is 2. The number of carbonyl (C=O) groups is 5. The minimum atomic E-state index is -1.24. The van der Waals surface area contributed by atoms with Crippen molar-refractivity contribution in [3.05, 3.63) is 47.7 Å². The van der Waals surface area contributed by atoms with Crippen LogP contribution < -0.4 is 15.4 Å². The highest BCUT2D eigenvalue weighted by molar-refractivity contribution is 9.09. The number of aromatic nitrogens is 1. The molecule has 2 aliphatic carbocycles. The van der Waals surface area contributed by atoms with E-state index in [-0.39, 0.29) is 41.8 Å². The van der Waals surface area contributed by atoms with Gasteiger partial charge in [-0.1, -0.05) is 52.9 Å². The van der Waals surface area contributed by atoms with Gasteiger partial charge in [0.15, 0.2) is 5.78 Å². The van der Waals surface area contributed by atoms with Crippen LogP contribution in [-0.2, 0) is 23.9 Å². The monoisotopic (exact) mass is 762 g/mol. The van der Waals surface area contributed by atoms with Gasteiger partial charge in [-0.3, -0.25) is 14.4 Å². The molecular weight excluding hydrogens is 720 g/mol. The molecule has 1 saturated heterocycles. The maximum atomic E-state index is 14.5. The van der Waals surface area contributed by atoms with Crippen LogP contribution in [0.15, 0.2) is 36.4 Å². The summed E-state index contributed by atoms with van der Waals surface area (Å²) in [5, 5.41) is 6.36. The number of fused-ring (bicyclic) bond motifs is 3. The van der Waals surface area contributed by atoms with E-state index in [0.29, 0.717) is 41.5 Å².